The fraction of sp³-hybridized carbons (Fsp3) is 0.217. The maximum absolute atomic E-state index is 15.3. The van der Waals surface area contributed by atoms with Crippen LogP contribution >= 0.6 is 23.4 Å². The summed E-state index contributed by atoms with van der Waals surface area (Å²) >= 11 is 7.22. The van der Waals surface area contributed by atoms with Crippen LogP contribution in [0, 0.1) is 11.6 Å². The summed E-state index contributed by atoms with van der Waals surface area (Å²) in [6.07, 6.45) is 5.34. The number of carbonyl (C=O) groups excluding carboxylic acids is 1. The quantitative estimate of drug-likeness (QED) is 0.385. The van der Waals surface area contributed by atoms with Crippen LogP contribution in [0.3, 0.4) is 0 Å². The number of carbonyl (C=O) groups is 1. The minimum Gasteiger partial charge on any atom is -0.545 e. The number of halogens is 3. The van der Waals surface area contributed by atoms with Gasteiger partial charge in [-0.25, -0.2) is 8.78 Å². The van der Waals surface area contributed by atoms with Crippen molar-refractivity contribution in [1.82, 2.24) is 14.3 Å². The van der Waals surface area contributed by atoms with Crippen molar-refractivity contribution in [3.8, 4) is 5.69 Å². The first-order valence-electron chi connectivity index (χ1n) is 10.1. The summed E-state index contributed by atoms with van der Waals surface area (Å²) in [5, 5.41) is 16.2. The first kappa shape index (κ1) is 24.3. The van der Waals surface area contributed by atoms with E-state index in [1.807, 2.05) is 17.7 Å². The number of carboxylic acids is 1. The normalized spacial score (nSPS) is 13.3. The monoisotopic (exact) mass is 495 g/mol. The molecule has 33 heavy (non-hydrogen) atoms. The number of aryl methyl sites for hydroxylation is 1. The van der Waals surface area contributed by atoms with Crippen LogP contribution in [0.15, 0.2) is 52.5 Å². The molecule has 0 aliphatic heterocycles. The third-order valence-electron chi connectivity index (χ3n) is 5.57. The molecular weight excluding hydrogens is 479 g/mol. The van der Waals surface area contributed by atoms with Crippen LogP contribution < -0.4 is 34.7 Å². The van der Waals surface area contributed by atoms with E-state index >= 15 is 4.39 Å². The Labute approximate surface area is 220 Å². The zero-order chi connectivity index (χ0) is 22.6. The van der Waals surface area contributed by atoms with Gasteiger partial charge in [0.1, 0.15) is 5.82 Å². The van der Waals surface area contributed by atoms with Gasteiger partial charge in [0.15, 0.2) is 5.82 Å². The fourth-order valence-electron chi connectivity index (χ4n) is 3.90. The Kier molecular flexibility index (Phi) is 6.94. The fourth-order valence-corrected chi connectivity index (χ4v) is 5.26. The molecule has 0 amide bonds. The Hall–Kier alpha value is -1.84. The molecule has 0 spiro atoms. The molecule has 5 nitrogen and oxygen atoms in total. The number of hydrogen-bond donors (Lipinski definition) is 0. The van der Waals surface area contributed by atoms with Gasteiger partial charge in [-0.3, -0.25) is 4.68 Å². The van der Waals surface area contributed by atoms with Crippen molar-refractivity contribution in [3.63, 3.8) is 0 Å². The Bertz CT molecular complexity index is 1380. The first-order chi connectivity index (χ1) is 15.4. The smallest absolute Gasteiger partial charge is 0.545 e. The van der Waals surface area contributed by atoms with E-state index < -0.39 is 23.2 Å². The molecule has 2 heterocycles. The van der Waals surface area contributed by atoms with E-state index in [4.69, 9.17) is 11.6 Å². The molecule has 0 saturated heterocycles. The maximum atomic E-state index is 15.3. The van der Waals surface area contributed by atoms with Crippen LogP contribution in [0.5, 0.6) is 0 Å². The van der Waals surface area contributed by atoms with Crippen LogP contribution in [-0.4, -0.2) is 20.3 Å². The number of nitrogens with zero attached hydrogens (tertiary/aromatic N) is 3. The second-order valence-electron chi connectivity index (χ2n) is 7.64. The van der Waals surface area contributed by atoms with Crippen LogP contribution in [0.1, 0.15) is 41.7 Å². The van der Waals surface area contributed by atoms with Gasteiger partial charge in [-0.1, -0.05) is 35.5 Å². The third kappa shape index (κ3) is 4.23. The van der Waals surface area contributed by atoms with Crippen LogP contribution in [0.25, 0.3) is 16.6 Å². The number of fused-ring (bicyclic) bond motifs is 1. The Morgan fingerprint density at radius 2 is 2.00 bits per heavy atom. The van der Waals surface area contributed by atoms with E-state index in [-0.39, 0.29) is 45.4 Å². The minimum atomic E-state index is -1.58. The van der Waals surface area contributed by atoms with E-state index in [2.05, 4.69) is 5.10 Å². The topological polar surface area (TPSA) is 62.9 Å². The van der Waals surface area contributed by atoms with Crippen molar-refractivity contribution in [3.05, 3.63) is 70.6 Å². The number of benzene rings is 2. The molecule has 2 aromatic heterocycles. The second-order valence-corrected chi connectivity index (χ2v) is 9.10. The number of aromatic nitrogens is 3. The Morgan fingerprint density at radius 3 is 2.64 bits per heavy atom. The van der Waals surface area contributed by atoms with Gasteiger partial charge >= 0.3 is 29.6 Å². The summed E-state index contributed by atoms with van der Waals surface area (Å²) in [5.74, 6) is -2.85. The van der Waals surface area contributed by atoms with Gasteiger partial charge in [-0.05, 0) is 38.0 Å². The van der Waals surface area contributed by atoms with Gasteiger partial charge in [0.25, 0.3) is 0 Å². The van der Waals surface area contributed by atoms with Gasteiger partial charge in [-0.2, -0.15) is 5.10 Å². The van der Waals surface area contributed by atoms with Crippen LogP contribution in [0.4, 0.5) is 8.78 Å². The summed E-state index contributed by atoms with van der Waals surface area (Å²) in [6.45, 7) is 2.61. The van der Waals surface area contributed by atoms with E-state index in [0.717, 1.165) is 30.3 Å². The molecule has 1 fully saturated rings. The molecule has 5 rings (SSSR count). The largest absolute Gasteiger partial charge is 1.00 e. The summed E-state index contributed by atoms with van der Waals surface area (Å²) in [7, 11) is 0. The van der Waals surface area contributed by atoms with Crippen molar-refractivity contribution >= 4 is 40.2 Å². The molecule has 1 aliphatic rings. The molecule has 0 bridgehead atoms. The van der Waals surface area contributed by atoms with E-state index in [0.29, 0.717) is 28.0 Å². The molecule has 1 saturated carbocycles. The van der Waals surface area contributed by atoms with Crippen molar-refractivity contribution in [2.45, 2.75) is 42.0 Å². The zero-order valence-electron chi connectivity index (χ0n) is 17.9. The Balaban J connectivity index is 0.00000259. The molecule has 4 aromatic rings. The predicted molar refractivity (Wildman–Crippen MR) is 117 cm³/mol. The van der Waals surface area contributed by atoms with E-state index in [1.54, 1.807) is 16.9 Å². The molecule has 164 valence electrons. The van der Waals surface area contributed by atoms with Crippen molar-refractivity contribution < 1.29 is 48.2 Å². The van der Waals surface area contributed by atoms with Gasteiger partial charge in [0.05, 0.1) is 28.4 Å². The summed E-state index contributed by atoms with van der Waals surface area (Å²) in [4.78, 5) is 12.1. The molecule has 0 radical (unpaired) electrons. The van der Waals surface area contributed by atoms with Crippen molar-refractivity contribution in [1.29, 1.82) is 0 Å². The predicted octanol–water partition coefficient (Wildman–Crippen LogP) is 2.17. The minimum absolute atomic E-state index is 0. The zero-order valence-corrected chi connectivity index (χ0v) is 21.5. The first-order valence-corrected chi connectivity index (χ1v) is 11.3. The second kappa shape index (κ2) is 9.43. The summed E-state index contributed by atoms with van der Waals surface area (Å²) < 4.78 is 33.8. The van der Waals surface area contributed by atoms with Gasteiger partial charge in [0.2, 0.25) is 0 Å². The number of aromatic carboxylic acids is 1. The molecule has 1 aliphatic carbocycles. The van der Waals surface area contributed by atoms with Gasteiger partial charge in [-0.15, -0.1) is 0 Å². The average molecular weight is 496 g/mol. The van der Waals surface area contributed by atoms with E-state index in [1.165, 1.54) is 24.3 Å². The van der Waals surface area contributed by atoms with Crippen LogP contribution in [0.2, 0.25) is 5.02 Å². The van der Waals surface area contributed by atoms with Gasteiger partial charge < -0.3 is 14.5 Å². The molecule has 0 N–H and O–H groups in total. The van der Waals surface area contributed by atoms with Crippen molar-refractivity contribution in [2.75, 3.05) is 0 Å². The van der Waals surface area contributed by atoms with Crippen LogP contribution in [-0.2, 0) is 6.54 Å². The van der Waals surface area contributed by atoms with Crippen molar-refractivity contribution in [2.24, 2.45) is 0 Å². The molecular formula is C23H17ClF2N3NaO2S. The average Bonchev–Trinajstić information content (AvgIpc) is 3.40. The molecule has 10 heteroatoms. The summed E-state index contributed by atoms with van der Waals surface area (Å²) in [5.41, 5.74) is 1.33. The number of hydrogen-bond acceptors (Lipinski definition) is 4. The maximum Gasteiger partial charge on any atom is 1.00 e. The standard InChI is InChI=1S/C23H18ClF2N3O2S.Na/c1-2-28-11-13(10-27-28)29-20(12-6-7-12)22(15-8-9-16(24)19(26)21(15)29)32-17-5-3-4-14(18(17)25)23(30)31;/h3-5,8-12H,2,6-7H2,1H3,(H,30,31);/q;+1/p-1. The van der Waals surface area contributed by atoms with E-state index in [9.17, 15) is 14.3 Å². The van der Waals surface area contributed by atoms with Gasteiger partial charge in [0, 0.05) is 45.1 Å². The summed E-state index contributed by atoms with van der Waals surface area (Å²) in [6, 6.07) is 7.34. The number of rotatable bonds is 6. The third-order valence-corrected chi connectivity index (χ3v) is 7.03. The molecule has 2 aromatic carbocycles. The SMILES string of the molecule is CCn1cc(-n2c(C3CC3)c(Sc3cccc(C(=O)[O-])c3F)c3ccc(Cl)c(F)c32)cn1.[Na+]. The molecule has 0 unspecified atom stereocenters. The Morgan fingerprint density at radius 1 is 1.24 bits per heavy atom. The number of carboxylic acid groups (broad SMARTS) is 1. The molecule has 0 atom stereocenters.